The molecule has 0 aliphatic carbocycles. The van der Waals surface area contributed by atoms with Crippen LogP contribution in [-0.2, 0) is 37.6 Å². The summed E-state index contributed by atoms with van der Waals surface area (Å²) in [6.45, 7) is 3.54. The summed E-state index contributed by atoms with van der Waals surface area (Å²) in [5.74, 6) is -0.295. The van der Waals surface area contributed by atoms with Crippen LogP contribution in [0.3, 0.4) is 0 Å². The van der Waals surface area contributed by atoms with Gasteiger partial charge in [0.1, 0.15) is 24.4 Å². The lowest BCUT2D eigenvalue weighted by Gasteiger charge is -1.91. The second-order valence-electron chi connectivity index (χ2n) is 4.64. The van der Waals surface area contributed by atoms with Crippen molar-refractivity contribution in [2.24, 2.45) is 0 Å². The van der Waals surface area contributed by atoms with E-state index in [-0.39, 0.29) is 18.8 Å². The summed E-state index contributed by atoms with van der Waals surface area (Å²) in [6.07, 6.45) is 0.0537. The van der Waals surface area contributed by atoms with E-state index in [1.165, 1.54) is 7.11 Å². The number of hydrogen-bond acceptors (Lipinski definition) is 10. The monoisotopic (exact) mass is 426 g/mol. The van der Waals surface area contributed by atoms with Crippen molar-refractivity contribution in [3.63, 3.8) is 0 Å². The largest absolute Gasteiger partial charge is 0.481 e. The van der Waals surface area contributed by atoms with Crippen molar-refractivity contribution in [2.45, 2.75) is 26.7 Å². The minimum Gasteiger partial charge on any atom is -0.481 e. The van der Waals surface area contributed by atoms with E-state index in [1.807, 2.05) is 0 Å². The van der Waals surface area contributed by atoms with Crippen molar-refractivity contribution >= 4 is 22.3 Å². The number of aliphatic carboxylic acids is 1. The number of aromatic nitrogens is 2. The highest BCUT2D eigenvalue weighted by molar-refractivity contribution is 7.79. The van der Waals surface area contributed by atoms with Crippen LogP contribution >= 0.6 is 0 Å². The third-order valence-electron chi connectivity index (χ3n) is 2.23. The number of rotatable bonds is 4. The van der Waals surface area contributed by atoms with Gasteiger partial charge in [0, 0.05) is 19.2 Å². The topological polar surface area (TPSA) is 210 Å². The first-order chi connectivity index (χ1) is 12.9. The number of carboxylic acid groups (broad SMARTS) is 1. The lowest BCUT2D eigenvalue weighted by Crippen LogP contribution is -2.03. The van der Waals surface area contributed by atoms with Crippen molar-refractivity contribution < 1.29 is 51.1 Å². The molecule has 0 atom stereocenters. The molecule has 4 N–H and O–H groups in total. The molecule has 2 aromatic heterocycles. The average Bonchev–Trinajstić information content (AvgIpc) is 3.16. The Hall–Kier alpha value is -2.81. The number of aliphatic hydroxyl groups is 1. The number of aryl methyl sites for hydroxylation is 2. The molecule has 0 saturated carbocycles. The minimum atomic E-state index is -4.67. The molecular weight excluding hydrogens is 404 g/mol. The summed E-state index contributed by atoms with van der Waals surface area (Å²) in [4.78, 5) is 20.8. The second-order valence-corrected chi connectivity index (χ2v) is 5.54. The van der Waals surface area contributed by atoms with Crippen molar-refractivity contribution in [3.8, 4) is 0 Å². The number of carboxylic acids is 1. The number of carbonyl (C=O) groups is 2. The van der Waals surface area contributed by atoms with Gasteiger partial charge < -0.3 is 24.0 Å². The first-order valence-electron chi connectivity index (χ1n) is 7.18. The van der Waals surface area contributed by atoms with Gasteiger partial charge >= 0.3 is 22.3 Å². The molecule has 0 aromatic carbocycles. The zero-order valence-corrected chi connectivity index (χ0v) is 16.3. The maximum atomic E-state index is 10.7. The molecule has 14 heteroatoms. The molecule has 0 aliphatic heterocycles. The first-order valence-corrected chi connectivity index (χ1v) is 8.58. The fourth-order valence-corrected chi connectivity index (χ4v) is 1.36. The summed E-state index contributed by atoms with van der Waals surface area (Å²) >= 11 is 0. The van der Waals surface area contributed by atoms with Gasteiger partial charge in [0.05, 0.1) is 18.5 Å². The SMILES string of the molecule is CO.COC(=O)Cc1cc(C)no1.Cc1cc(CC(=O)O)on1.O=S(=O)(O)O. The molecule has 0 amide bonds. The maximum absolute atomic E-state index is 10.7. The first kappa shape index (κ1) is 27.4. The molecule has 2 aromatic rings. The summed E-state index contributed by atoms with van der Waals surface area (Å²) in [5, 5.41) is 22.4. The smallest absolute Gasteiger partial charge is 0.394 e. The van der Waals surface area contributed by atoms with Gasteiger partial charge in [-0.15, -0.1) is 0 Å². The number of hydrogen-bond donors (Lipinski definition) is 4. The number of methoxy groups -OCH3 is 1. The van der Waals surface area contributed by atoms with Crippen LogP contribution in [0.4, 0.5) is 0 Å². The van der Waals surface area contributed by atoms with Gasteiger partial charge in [-0.25, -0.2) is 0 Å². The van der Waals surface area contributed by atoms with Crippen LogP contribution in [0.15, 0.2) is 21.2 Å². The van der Waals surface area contributed by atoms with E-state index in [1.54, 1.807) is 26.0 Å². The van der Waals surface area contributed by atoms with Crippen LogP contribution in [0.2, 0.25) is 0 Å². The zero-order valence-electron chi connectivity index (χ0n) is 15.5. The Bertz CT molecular complexity index is 803. The van der Waals surface area contributed by atoms with E-state index in [4.69, 9.17) is 32.3 Å². The Kier molecular flexibility index (Phi) is 14.0. The van der Waals surface area contributed by atoms with Crippen LogP contribution in [0.5, 0.6) is 0 Å². The molecule has 28 heavy (non-hydrogen) atoms. The number of esters is 1. The van der Waals surface area contributed by atoms with Crippen LogP contribution < -0.4 is 0 Å². The van der Waals surface area contributed by atoms with Crippen molar-refractivity contribution in [1.82, 2.24) is 10.3 Å². The highest BCUT2D eigenvalue weighted by atomic mass is 32.3. The summed E-state index contributed by atoms with van der Waals surface area (Å²) in [6, 6.07) is 3.31. The lowest BCUT2D eigenvalue weighted by molar-refractivity contribution is -0.140. The Morgan fingerprint density at radius 2 is 1.36 bits per heavy atom. The minimum absolute atomic E-state index is 0.0964. The summed E-state index contributed by atoms with van der Waals surface area (Å²) in [7, 11) is -2.33. The van der Waals surface area contributed by atoms with E-state index < -0.39 is 16.4 Å². The molecule has 160 valence electrons. The van der Waals surface area contributed by atoms with Gasteiger partial charge in [0.25, 0.3) is 0 Å². The van der Waals surface area contributed by atoms with Gasteiger partial charge in [0.15, 0.2) is 0 Å². The fourth-order valence-electron chi connectivity index (χ4n) is 1.36. The van der Waals surface area contributed by atoms with E-state index >= 15 is 0 Å². The molecule has 0 unspecified atom stereocenters. The molecule has 0 fully saturated rings. The van der Waals surface area contributed by atoms with E-state index in [0.29, 0.717) is 17.2 Å². The number of nitrogens with zero attached hydrogens (tertiary/aromatic N) is 2. The molecule has 0 spiro atoms. The third-order valence-corrected chi connectivity index (χ3v) is 2.23. The molecule has 0 radical (unpaired) electrons. The Balaban J connectivity index is 0. The molecular formula is C14H22N2O11S. The Morgan fingerprint density at radius 3 is 1.61 bits per heavy atom. The predicted molar refractivity (Wildman–Crippen MR) is 91.9 cm³/mol. The maximum Gasteiger partial charge on any atom is 0.394 e. The van der Waals surface area contributed by atoms with E-state index in [0.717, 1.165) is 12.8 Å². The van der Waals surface area contributed by atoms with Gasteiger partial charge in [0.2, 0.25) is 0 Å². The van der Waals surface area contributed by atoms with Crippen molar-refractivity contribution in [1.29, 1.82) is 0 Å². The lowest BCUT2D eigenvalue weighted by atomic mass is 10.3. The molecule has 13 nitrogen and oxygen atoms in total. The van der Waals surface area contributed by atoms with E-state index in [2.05, 4.69) is 19.6 Å². The van der Waals surface area contributed by atoms with Gasteiger partial charge in [-0.2, -0.15) is 8.42 Å². The Morgan fingerprint density at radius 1 is 1.00 bits per heavy atom. The van der Waals surface area contributed by atoms with Gasteiger partial charge in [-0.3, -0.25) is 18.7 Å². The van der Waals surface area contributed by atoms with Crippen molar-refractivity contribution in [3.05, 3.63) is 35.0 Å². The quantitative estimate of drug-likeness (QED) is 0.382. The third kappa shape index (κ3) is 18.0. The molecule has 0 bridgehead atoms. The molecule has 2 heterocycles. The van der Waals surface area contributed by atoms with Crippen LogP contribution in [0.25, 0.3) is 0 Å². The van der Waals surface area contributed by atoms with Crippen molar-refractivity contribution in [2.75, 3.05) is 14.2 Å². The van der Waals surface area contributed by atoms with E-state index in [9.17, 15) is 9.59 Å². The van der Waals surface area contributed by atoms with Crippen LogP contribution in [-0.4, -0.2) is 64.2 Å². The number of ether oxygens (including phenoxy) is 1. The molecule has 2 rings (SSSR count). The van der Waals surface area contributed by atoms with Gasteiger partial charge in [-0.05, 0) is 13.8 Å². The van der Waals surface area contributed by atoms with Crippen LogP contribution in [0, 0.1) is 13.8 Å². The molecule has 0 saturated heterocycles. The summed E-state index contributed by atoms with van der Waals surface area (Å²) < 4.78 is 45.5. The Labute approximate surface area is 160 Å². The summed E-state index contributed by atoms with van der Waals surface area (Å²) in [5.41, 5.74) is 1.47. The second kappa shape index (κ2) is 14.3. The zero-order chi connectivity index (χ0) is 22.3. The average molecular weight is 426 g/mol. The van der Waals surface area contributed by atoms with Crippen LogP contribution in [0.1, 0.15) is 22.9 Å². The highest BCUT2D eigenvalue weighted by Gasteiger charge is 2.06. The predicted octanol–water partition coefficient (Wildman–Crippen LogP) is 0.264. The standard InChI is InChI=1S/C7H9NO3.C6H7NO3.CH4O.H2O4S/c1-5-3-6(11-8-5)4-7(9)10-2;1-4-2-5(10-7-4)3-6(8)9;1-2;1-5(2,3)4/h3H,4H2,1-2H3;2H,3H2,1H3,(H,8,9);2H,1H3;(H2,1,2,3,4). The number of carbonyl (C=O) groups excluding carboxylic acids is 1. The fraction of sp³-hybridized carbons (Fsp3) is 0.429. The molecule has 0 aliphatic rings. The highest BCUT2D eigenvalue weighted by Crippen LogP contribution is 2.03. The number of aliphatic hydroxyl groups excluding tert-OH is 1. The normalized spacial score (nSPS) is 9.54. The van der Waals surface area contributed by atoms with Gasteiger partial charge in [-0.1, -0.05) is 10.3 Å².